The zero-order valence-electron chi connectivity index (χ0n) is 15.0. The van der Waals surface area contributed by atoms with Crippen molar-refractivity contribution < 1.29 is 18.7 Å². The number of pyridine rings is 1. The molecule has 1 spiro atoms. The third kappa shape index (κ3) is 4.16. The Morgan fingerprint density at radius 3 is 2.96 bits per heavy atom. The number of halogens is 1. The molecule has 0 aliphatic carbocycles. The minimum Gasteiger partial charge on any atom is -0.377 e. The Balaban J connectivity index is 1.54. The SMILES string of the molecule is O=C1CO[C@@]2(COCCN(Cc3cccnc3)C2)CN1c1cccc(F)c1. The third-order valence-electron chi connectivity index (χ3n) is 4.93. The number of carbonyl (C=O) groups excluding carboxylic acids is 1. The van der Waals surface area contributed by atoms with Gasteiger partial charge in [-0.1, -0.05) is 12.1 Å². The fraction of sp³-hybridized carbons (Fsp3) is 0.400. The number of rotatable bonds is 3. The number of amides is 1. The second-order valence-electron chi connectivity index (χ2n) is 7.06. The van der Waals surface area contributed by atoms with E-state index in [2.05, 4.69) is 9.88 Å². The average Bonchev–Trinajstić information content (AvgIpc) is 2.87. The second-order valence-corrected chi connectivity index (χ2v) is 7.06. The van der Waals surface area contributed by atoms with Gasteiger partial charge in [0.1, 0.15) is 18.0 Å². The van der Waals surface area contributed by atoms with Gasteiger partial charge in [-0.15, -0.1) is 0 Å². The summed E-state index contributed by atoms with van der Waals surface area (Å²) in [5.41, 5.74) is 1.02. The van der Waals surface area contributed by atoms with Gasteiger partial charge in [0.25, 0.3) is 5.91 Å². The zero-order chi connectivity index (χ0) is 18.7. The summed E-state index contributed by atoms with van der Waals surface area (Å²) in [7, 11) is 0. The van der Waals surface area contributed by atoms with E-state index in [4.69, 9.17) is 9.47 Å². The Morgan fingerprint density at radius 2 is 2.15 bits per heavy atom. The molecule has 3 heterocycles. The van der Waals surface area contributed by atoms with Crippen LogP contribution < -0.4 is 4.90 Å². The maximum atomic E-state index is 13.6. The summed E-state index contributed by atoms with van der Waals surface area (Å²) in [4.78, 5) is 20.4. The normalized spacial score (nSPS) is 24.2. The molecule has 0 N–H and O–H groups in total. The monoisotopic (exact) mass is 371 g/mol. The summed E-state index contributed by atoms with van der Waals surface area (Å²) >= 11 is 0. The minimum absolute atomic E-state index is 0.0411. The summed E-state index contributed by atoms with van der Waals surface area (Å²) in [6.07, 6.45) is 3.60. The Hall–Kier alpha value is -2.35. The Kier molecular flexibility index (Phi) is 5.15. The lowest BCUT2D eigenvalue weighted by atomic mass is 10.0. The zero-order valence-corrected chi connectivity index (χ0v) is 15.0. The molecule has 0 saturated carbocycles. The highest BCUT2D eigenvalue weighted by atomic mass is 19.1. The molecular formula is C20H22FN3O3. The van der Waals surface area contributed by atoms with E-state index in [0.717, 1.165) is 18.7 Å². The summed E-state index contributed by atoms with van der Waals surface area (Å²) in [5, 5.41) is 0. The fourth-order valence-corrected chi connectivity index (χ4v) is 3.65. The molecule has 6 nitrogen and oxygen atoms in total. The molecule has 2 aromatic rings. The number of hydrogen-bond donors (Lipinski definition) is 0. The van der Waals surface area contributed by atoms with E-state index >= 15 is 0 Å². The van der Waals surface area contributed by atoms with E-state index in [1.54, 1.807) is 23.2 Å². The Morgan fingerprint density at radius 1 is 1.22 bits per heavy atom. The molecule has 7 heteroatoms. The number of carbonyl (C=O) groups is 1. The van der Waals surface area contributed by atoms with Gasteiger partial charge in [-0.2, -0.15) is 0 Å². The predicted molar refractivity (Wildman–Crippen MR) is 97.8 cm³/mol. The molecule has 0 radical (unpaired) electrons. The molecule has 1 aromatic heterocycles. The van der Waals surface area contributed by atoms with Crippen molar-refractivity contribution in [3.63, 3.8) is 0 Å². The fourth-order valence-electron chi connectivity index (χ4n) is 3.65. The quantitative estimate of drug-likeness (QED) is 0.824. The third-order valence-corrected chi connectivity index (χ3v) is 4.93. The van der Waals surface area contributed by atoms with Crippen LogP contribution >= 0.6 is 0 Å². The van der Waals surface area contributed by atoms with E-state index in [9.17, 15) is 9.18 Å². The van der Waals surface area contributed by atoms with Crippen molar-refractivity contribution in [2.24, 2.45) is 0 Å². The topological polar surface area (TPSA) is 54.9 Å². The average molecular weight is 371 g/mol. The van der Waals surface area contributed by atoms with Gasteiger partial charge in [-0.05, 0) is 29.8 Å². The largest absolute Gasteiger partial charge is 0.377 e. The maximum Gasteiger partial charge on any atom is 0.253 e. The number of benzene rings is 1. The highest BCUT2D eigenvalue weighted by Gasteiger charge is 2.43. The molecular weight excluding hydrogens is 349 g/mol. The van der Waals surface area contributed by atoms with E-state index in [0.29, 0.717) is 32.0 Å². The molecule has 27 heavy (non-hydrogen) atoms. The van der Waals surface area contributed by atoms with Crippen LogP contribution in [0.5, 0.6) is 0 Å². The number of ether oxygens (including phenoxy) is 2. The van der Waals surface area contributed by atoms with Crippen molar-refractivity contribution in [3.05, 3.63) is 60.2 Å². The lowest BCUT2D eigenvalue weighted by Crippen LogP contribution is -2.60. The van der Waals surface area contributed by atoms with Gasteiger partial charge in [0.15, 0.2) is 0 Å². The van der Waals surface area contributed by atoms with Gasteiger partial charge in [0.2, 0.25) is 0 Å². The molecule has 0 bridgehead atoms. The lowest BCUT2D eigenvalue weighted by molar-refractivity contribution is -0.146. The highest BCUT2D eigenvalue weighted by molar-refractivity contribution is 5.95. The number of nitrogens with zero attached hydrogens (tertiary/aromatic N) is 3. The number of morpholine rings is 1. The summed E-state index contributed by atoms with van der Waals surface area (Å²) in [6.45, 7) is 3.42. The van der Waals surface area contributed by atoms with Crippen LogP contribution in [-0.2, 0) is 20.8 Å². The first-order valence-electron chi connectivity index (χ1n) is 9.02. The van der Waals surface area contributed by atoms with Crippen LogP contribution in [0, 0.1) is 5.82 Å². The van der Waals surface area contributed by atoms with Gasteiger partial charge in [0, 0.05) is 37.7 Å². The molecule has 1 aromatic carbocycles. The molecule has 0 unspecified atom stereocenters. The van der Waals surface area contributed by atoms with E-state index in [1.165, 1.54) is 12.1 Å². The maximum absolute atomic E-state index is 13.6. The van der Waals surface area contributed by atoms with Crippen molar-refractivity contribution in [3.8, 4) is 0 Å². The standard InChI is InChI=1S/C20H22FN3O3/c21-17-4-1-5-18(9-17)24-14-20(27-12-19(24)25)13-23(7-8-26-15-20)11-16-3-2-6-22-10-16/h1-6,9-10H,7-8,11-15H2/t20-/m1/s1. The van der Waals surface area contributed by atoms with Crippen LogP contribution in [0.15, 0.2) is 48.8 Å². The van der Waals surface area contributed by atoms with Crippen molar-refractivity contribution >= 4 is 11.6 Å². The van der Waals surface area contributed by atoms with E-state index in [-0.39, 0.29) is 18.3 Å². The molecule has 2 aliphatic rings. The van der Waals surface area contributed by atoms with E-state index < -0.39 is 5.60 Å². The van der Waals surface area contributed by atoms with Gasteiger partial charge in [-0.25, -0.2) is 4.39 Å². The summed E-state index contributed by atoms with van der Waals surface area (Å²) in [5.74, 6) is -0.537. The molecule has 142 valence electrons. The minimum atomic E-state index is -0.640. The van der Waals surface area contributed by atoms with Gasteiger partial charge in [0.05, 0.1) is 19.8 Å². The van der Waals surface area contributed by atoms with Crippen LogP contribution in [0.3, 0.4) is 0 Å². The molecule has 2 fully saturated rings. The van der Waals surface area contributed by atoms with Crippen molar-refractivity contribution in [1.82, 2.24) is 9.88 Å². The molecule has 2 aliphatic heterocycles. The molecule has 1 atom stereocenters. The first-order chi connectivity index (χ1) is 13.1. The number of aromatic nitrogens is 1. The summed E-state index contributed by atoms with van der Waals surface area (Å²) in [6, 6.07) is 10.1. The van der Waals surface area contributed by atoms with Gasteiger partial charge < -0.3 is 14.4 Å². The highest BCUT2D eigenvalue weighted by Crippen LogP contribution is 2.28. The van der Waals surface area contributed by atoms with Crippen molar-refractivity contribution in [2.75, 3.05) is 44.4 Å². The van der Waals surface area contributed by atoms with E-state index in [1.807, 2.05) is 18.3 Å². The van der Waals surface area contributed by atoms with Gasteiger partial charge in [-0.3, -0.25) is 14.7 Å². The van der Waals surface area contributed by atoms with Crippen LogP contribution in [0.1, 0.15) is 5.56 Å². The molecule has 4 rings (SSSR count). The van der Waals surface area contributed by atoms with Crippen LogP contribution in [0.2, 0.25) is 0 Å². The first kappa shape index (κ1) is 18.0. The molecule has 1 amide bonds. The summed E-state index contributed by atoms with van der Waals surface area (Å²) < 4.78 is 25.4. The number of hydrogen-bond acceptors (Lipinski definition) is 5. The first-order valence-corrected chi connectivity index (χ1v) is 9.02. The second kappa shape index (κ2) is 7.72. The van der Waals surface area contributed by atoms with Crippen LogP contribution in [0.4, 0.5) is 10.1 Å². The van der Waals surface area contributed by atoms with Crippen molar-refractivity contribution in [1.29, 1.82) is 0 Å². The van der Waals surface area contributed by atoms with Crippen LogP contribution in [-0.4, -0.2) is 60.8 Å². The Labute approximate surface area is 157 Å². The van der Waals surface area contributed by atoms with Crippen molar-refractivity contribution in [2.45, 2.75) is 12.1 Å². The molecule has 2 saturated heterocycles. The predicted octanol–water partition coefficient (Wildman–Crippen LogP) is 1.86. The Bertz CT molecular complexity index is 804. The smallest absolute Gasteiger partial charge is 0.253 e. The number of anilines is 1. The lowest BCUT2D eigenvalue weighted by Gasteiger charge is -2.43. The van der Waals surface area contributed by atoms with Crippen LogP contribution in [0.25, 0.3) is 0 Å². The van der Waals surface area contributed by atoms with Gasteiger partial charge >= 0.3 is 0 Å².